The van der Waals surface area contributed by atoms with Crippen LogP contribution in [0.1, 0.15) is 20.3 Å². The van der Waals surface area contributed by atoms with Crippen LogP contribution in [0, 0.1) is 11.8 Å². The molecule has 0 aromatic rings. The molecule has 1 unspecified atom stereocenters. The van der Waals surface area contributed by atoms with E-state index >= 15 is 0 Å². The molecule has 1 aliphatic rings. The van der Waals surface area contributed by atoms with Gasteiger partial charge in [0.2, 0.25) is 0 Å². The van der Waals surface area contributed by atoms with Gasteiger partial charge in [0, 0.05) is 5.92 Å². The fraction of sp³-hybridized carbons (Fsp3) is 0.833. The molecule has 0 N–H and O–H groups in total. The highest BCUT2D eigenvalue weighted by Crippen LogP contribution is 2.37. The van der Waals surface area contributed by atoms with E-state index in [2.05, 4.69) is 6.92 Å². The van der Waals surface area contributed by atoms with Crippen molar-refractivity contribution >= 4 is 5.78 Å². The Kier molecular flexibility index (Phi) is 0.911. The lowest BCUT2D eigenvalue weighted by Gasteiger charge is -1.80. The minimum atomic E-state index is 0.368. The summed E-state index contributed by atoms with van der Waals surface area (Å²) in [5, 5.41) is 0. The first-order valence-electron chi connectivity index (χ1n) is 2.72. The lowest BCUT2D eigenvalue weighted by Crippen LogP contribution is -1.92. The maximum absolute atomic E-state index is 10.4. The Balaban J connectivity index is 2.33. The second kappa shape index (κ2) is 1.32. The molecular formula is C6H10O. The molecule has 7 heavy (non-hydrogen) atoms. The van der Waals surface area contributed by atoms with Crippen molar-refractivity contribution < 1.29 is 4.79 Å². The lowest BCUT2D eigenvalue weighted by atomic mass is 10.2. The van der Waals surface area contributed by atoms with Crippen LogP contribution < -0.4 is 0 Å². The number of ketones is 1. The molecule has 0 spiro atoms. The van der Waals surface area contributed by atoms with Gasteiger partial charge in [-0.2, -0.15) is 0 Å². The second-order valence-electron chi connectivity index (χ2n) is 2.43. The molecule has 1 fully saturated rings. The minimum Gasteiger partial charge on any atom is -0.300 e. The summed E-state index contributed by atoms with van der Waals surface area (Å²) >= 11 is 0. The molecule has 0 aliphatic heterocycles. The highest BCUT2D eigenvalue weighted by molar-refractivity contribution is 5.80. The number of hydrogen-bond donors (Lipinski definition) is 0. The van der Waals surface area contributed by atoms with Crippen molar-refractivity contribution in [1.82, 2.24) is 0 Å². The molecule has 0 saturated heterocycles. The summed E-state index contributed by atoms with van der Waals surface area (Å²) in [5.74, 6) is 1.49. The van der Waals surface area contributed by atoms with E-state index in [1.54, 1.807) is 6.92 Å². The Bertz CT molecular complexity index is 96.4. The van der Waals surface area contributed by atoms with E-state index in [-0.39, 0.29) is 0 Å². The Hall–Kier alpha value is -0.330. The summed E-state index contributed by atoms with van der Waals surface area (Å²) in [4.78, 5) is 10.4. The normalized spacial score (nSPS) is 38.0. The van der Waals surface area contributed by atoms with Crippen LogP contribution in [0.4, 0.5) is 0 Å². The molecule has 1 aliphatic carbocycles. The van der Waals surface area contributed by atoms with Crippen molar-refractivity contribution in [1.29, 1.82) is 0 Å². The van der Waals surface area contributed by atoms with Crippen LogP contribution in [0.25, 0.3) is 0 Å². The van der Waals surface area contributed by atoms with Gasteiger partial charge in [-0.15, -0.1) is 0 Å². The van der Waals surface area contributed by atoms with Crippen LogP contribution in [-0.2, 0) is 4.79 Å². The van der Waals surface area contributed by atoms with Gasteiger partial charge in [0.1, 0.15) is 5.78 Å². The third kappa shape index (κ3) is 0.817. The molecule has 1 saturated carbocycles. The highest BCUT2D eigenvalue weighted by atomic mass is 16.1. The molecule has 40 valence electrons. The zero-order valence-electron chi connectivity index (χ0n) is 4.77. The number of carbonyl (C=O) groups excluding carboxylic acids is 1. The van der Waals surface area contributed by atoms with Crippen molar-refractivity contribution in [3.63, 3.8) is 0 Å². The monoisotopic (exact) mass is 98.1 g/mol. The fourth-order valence-corrected chi connectivity index (χ4v) is 0.889. The molecule has 2 atom stereocenters. The summed E-state index contributed by atoms with van der Waals surface area (Å²) < 4.78 is 0. The zero-order valence-corrected chi connectivity index (χ0v) is 4.77. The summed E-state index contributed by atoms with van der Waals surface area (Å²) in [6, 6.07) is 0. The summed E-state index contributed by atoms with van der Waals surface area (Å²) in [5.41, 5.74) is 0. The van der Waals surface area contributed by atoms with Gasteiger partial charge in [-0.3, -0.25) is 4.79 Å². The first-order chi connectivity index (χ1) is 3.22. The third-order valence-electron chi connectivity index (χ3n) is 1.63. The predicted octanol–water partition coefficient (Wildman–Crippen LogP) is 1.23. The van der Waals surface area contributed by atoms with Crippen molar-refractivity contribution in [2.75, 3.05) is 0 Å². The third-order valence-corrected chi connectivity index (χ3v) is 1.63. The summed E-state index contributed by atoms with van der Waals surface area (Å²) in [7, 11) is 0. The molecule has 1 rings (SSSR count). The Morgan fingerprint density at radius 1 is 1.71 bits per heavy atom. The van der Waals surface area contributed by atoms with Crippen LogP contribution in [0.15, 0.2) is 0 Å². The predicted molar refractivity (Wildman–Crippen MR) is 28.0 cm³/mol. The van der Waals surface area contributed by atoms with E-state index in [4.69, 9.17) is 0 Å². The molecule has 1 heteroatoms. The van der Waals surface area contributed by atoms with Gasteiger partial charge in [0.15, 0.2) is 0 Å². The molecule has 0 aromatic carbocycles. The lowest BCUT2D eigenvalue weighted by molar-refractivity contribution is -0.118. The van der Waals surface area contributed by atoms with Crippen LogP contribution in [0.5, 0.6) is 0 Å². The van der Waals surface area contributed by atoms with Crippen LogP contribution in [-0.4, -0.2) is 5.78 Å². The highest BCUT2D eigenvalue weighted by Gasteiger charge is 2.36. The van der Waals surface area contributed by atoms with Crippen molar-refractivity contribution in [3.05, 3.63) is 0 Å². The van der Waals surface area contributed by atoms with Crippen molar-refractivity contribution in [3.8, 4) is 0 Å². The maximum atomic E-state index is 10.4. The van der Waals surface area contributed by atoms with Crippen molar-refractivity contribution in [2.45, 2.75) is 20.3 Å². The van der Waals surface area contributed by atoms with Crippen LogP contribution in [0.3, 0.4) is 0 Å². The molecule has 0 bridgehead atoms. The second-order valence-corrected chi connectivity index (χ2v) is 2.43. The van der Waals surface area contributed by atoms with Crippen molar-refractivity contribution in [2.24, 2.45) is 11.8 Å². The van der Waals surface area contributed by atoms with Crippen LogP contribution >= 0.6 is 0 Å². The molecule has 1 nitrogen and oxygen atoms in total. The quantitative estimate of drug-likeness (QED) is 0.482. The van der Waals surface area contributed by atoms with Gasteiger partial charge in [-0.25, -0.2) is 0 Å². The SMILES string of the molecule is CC(=O)C1C[C@H]1C. The Morgan fingerprint density at radius 3 is 2.14 bits per heavy atom. The topological polar surface area (TPSA) is 17.1 Å². The fourth-order valence-electron chi connectivity index (χ4n) is 0.889. The molecular weight excluding hydrogens is 88.1 g/mol. The minimum absolute atomic E-state index is 0.368. The Morgan fingerprint density at radius 2 is 2.14 bits per heavy atom. The maximum Gasteiger partial charge on any atom is 0.133 e. The van der Waals surface area contributed by atoms with E-state index < -0.39 is 0 Å². The van der Waals surface area contributed by atoms with Gasteiger partial charge in [0.05, 0.1) is 0 Å². The number of hydrogen-bond acceptors (Lipinski definition) is 1. The first-order valence-corrected chi connectivity index (χ1v) is 2.72. The largest absolute Gasteiger partial charge is 0.300 e. The zero-order chi connectivity index (χ0) is 5.44. The van der Waals surface area contributed by atoms with Gasteiger partial charge >= 0.3 is 0 Å². The molecule has 0 heterocycles. The van der Waals surface area contributed by atoms with E-state index in [0.717, 1.165) is 6.42 Å². The Labute approximate surface area is 43.7 Å². The average molecular weight is 98.1 g/mol. The molecule has 0 radical (unpaired) electrons. The summed E-state index contributed by atoms with van der Waals surface area (Å²) in [6.45, 7) is 3.79. The van der Waals surface area contributed by atoms with Gasteiger partial charge in [-0.05, 0) is 19.3 Å². The average Bonchev–Trinajstić information content (AvgIpc) is 2.17. The first kappa shape index (κ1) is 4.82. The van der Waals surface area contributed by atoms with Crippen LogP contribution in [0.2, 0.25) is 0 Å². The molecule has 0 amide bonds. The number of Topliss-reactive ketones (excluding diaryl/α,β-unsaturated/α-hetero) is 1. The van der Waals surface area contributed by atoms with Gasteiger partial charge in [-0.1, -0.05) is 6.92 Å². The van der Waals surface area contributed by atoms with E-state index in [1.807, 2.05) is 0 Å². The molecule has 0 aromatic heterocycles. The van der Waals surface area contributed by atoms with E-state index in [9.17, 15) is 4.79 Å². The smallest absolute Gasteiger partial charge is 0.133 e. The van der Waals surface area contributed by atoms with Gasteiger partial charge < -0.3 is 0 Å². The summed E-state index contributed by atoms with van der Waals surface area (Å²) in [6.07, 6.45) is 1.13. The number of carbonyl (C=O) groups is 1. The number of rotatable bonds is 1. The van der Waals surface area contributed by atoms with Gasteiger partial charge in [0.25, 0.3) is 0 Å². The van der Waals surface area contributed by atoms with E-state index in [0.29, 0.717) is 17.6 Å². The standard InChI is InChI=1S/C6H10O/c1-4-3-6(4)5(2)7/h4,6H,3H2,1-2H3/t4-,6?/m1/s1. The van der Waals surface area contributed by atoms with E-state index in [1.165, 1.54) is 0 Å².